The molecule has 1 heterocycles. The number of Topliss-reactive ketones (excluding diaryl/α,β-unsaturated/α-hetero) is 1. The summed E-state index contributed by atoms with van der Waals surface area (Å²) in [5.41, 5.74) is 2.73. The van der Waals surface area contributed by atoms with Crippen LogP contribution in [0.15, 0.2) is 34.8 Å². The summed E-state index contributed by atoms with van der Waals surface area (Å²) in [6.07, 6.45) is 5.55. The van der Waals surface area contributed by atoms with Gasteiger partial charge in [0.2, 0.25) is 0 Å². The molecule has 0 amide bonds. The first kappa shape index (κ1) is 23.6. The molecular formula is C29H44O3. The molecule has 1 aliphatic heterocycles. The van der Waals surface area contributed by atoms with E-state index in [1.807, 2.05) is 6.92 Å². The third kappa shape index (κ3) is 3.24. The molecule has 0 aromatic rings. The summed E-state index contributed by atoms with van der Waals surface area (Å²) in [7, 11) is 1.68. The van der Waals surface area contributed by atoms with Gasteiger partial charge in [-0.2, -0.15) is 0 Å². The van der Waals surface area contributed by atoms with Gasteiger partial charge in [0, 0.05) is 23.0 Å². The van der Waals surface area contributed by atoms with E-state index < -0.39 is 5.41 Å². The maximum atomic E-state index is 13.7. The van der Waals surface area contributed by atoms with Crippen molar-refractivity contribution in [3.8, 4) is 0 Å². The first-order valence-electron chi connectivity index (χ1n) is 12.7. The molecule has 32 heavy (non-hydrogen) atoms. The largest absolute Gasteiger partial charge is 0.500 e. The van der Waals surface area contributed by atoms with Gasteiger partial charge in [-0.1, -0.05) is 39.8 Å². The Morgan fingerprint density at radius 2 is 1.75 bits per heavy atom. The molecular weight excluding hydrogens is 396 g/mol. The van der Waals surface area contributed by atoms with Gasteiger partial charge >= 0.3 is 0 Å². The minimum atomic E-state index is -0.441. The monoisotopic (exact) mass is 440 g/mol. The van der Waals surface area contributed by atoms with Gasteiger partial charge < -0.3 is 9.47 Å². The van der Waals surface area contributed by atoms with E-state index in [2.05, 4.69) is 55.0 Å². The highest BCUT2D eigenvalue weighted by atomic mass is 16.5. The number of rotatable bonds is 2. The molecule has 4 aliphatic rings. The number of allylic oxidation sites excluding steroid dienone is 3. The quantitative estimate of drug-likeness (QED) is 0.425. The Morgan fingerprint density at radius 3 is 2.31 bits per heavy atom. The lowest BCUT2D eigenvalue weighted by atomic mass is 9.52. The van der Waals surface area contributed by atoms with Crippen molar-refractivity contribution in [2.24, 2.45) is 40.4 Å². The van der Waals surface area contributed by atoms with Gasteiger partial charge in [0.15, 0.2) is 5.78 Å². The second-order valence-corrected chi connectivity index (χ2v) is 12.8. The number of ether oxygens (including phenoxy) is 2. The van der Waals surface area contributed by atoms with E-state index in [4.69, 9.17) is 9.47 Å². The average molecular weight is 441 g/mol. The maximum absolute atomic E-state index is 13.7. The lowest BCUT2D eigenvalue weighted by Gasteiger charge is -2.55. The summed E-state index contributed by atoms with van der Waals surface area (Å²) in [5.74, 6) is 3.95. The summed E-state index contributed by atoms with van der Waals surface area (Å²) in [6, 6.07) is 0. The number of carbonyl (C=O) groups is 1. The van der Waals surface area contributed by atoms with Crippen molar-refractivity contribution in [3.63, 3.8) is 0 Å². The third-order valence-corrected chi connectivity index (χ3v) is 9.60. The molecule has 3 heteroatoms. The zero-order valence-corrected chi connectivity index (χ0v) is 21.9. The Morgan fingerprint density at radius 1 is 1.09 bits per heavy atom. The zero-order chi connectivity index (χ0) is 23.8. The SMILES string of the molecule is C=C1CC[C@H]2[C@@H](C(C)C)C3=C(O[C@]2(C)CC[C@@H]2[C@@H]1CC2(C)C)C(C)(C)C(OC)=C(C)C3=O. The first-order valence-corrected chi connectivity index (χ1v) is 12.7. The van der Waals surface area contributed by atoms with E-state index in [0.29, 0.717) is 29.1 Å². The molecule has 0 saturated heterocycles. The van der Waals surface area contributed by atoms with Crippen LogP contribution in [0.25, 0.3) is 0 Å². The van der Waals surface area contributed by atoms with Crippen LogP contribution in [0.5, 0.6) is 0 Å². The van der Waals surface area contributed by atoms with Crippen LogP contribution >= 0.6 is 0 Å². The fourth-order valence-corrected chi connectivity index (χ4v) is 7.85. The molecule has 0 unspecified atom stereocenters. The molecule has 2 fully saturated rings. The molecule has 2 saturated carbocycles. The summed E-state index contributed by atoms with van der Waals surface area (Å²) in [4.78, 5) is 13.7. The minimum Gasteiger partial charge on any atom is -0.500 e. The minimum absolute atomic E-state index is 0.122. The van der Waals surface area contributed by atoms with Crippen molar-refractivity contribution in [2.75, 3.05) is 7.11 Å². The van der Waals surface area contributed by atoms with Crippen LogP contribution in [0.3, 0.4) is 0 Å². The van der Waals surface area contributed by atoms with Crippen molar-refractivity contribution >= 4 is 5.78 Å². The van der Waals surface area contributed by atoms with E-state index in [1.54, 1.807) is 7.11 Å². The number of ketones is 1. The number of methoxy groups -OCH3 is 1. The Hall–Kier alpha value is -1.51. The van der Waals surface area contributed by atoms with Crippen molar-refractivity contribution in [3.05, 3.63) is 34.8 Å². The zero-order valence-electron chi connectivity index (χ0n) is 21.9. The lowest BCUT2D eigenvalue weighted by Crippen LogP contribution is -2.52. The predicted molar refractivity (Wildman–Crippen MR) is 130 cm³/mol. The molecule has 5 atom stereocenters. The molecule has 0 bridgehead atoms. The standard InChI is InChI=1S/C29H44O3/c1-16(2)22-21-12-11-17(3)19-15-27(5,6)20(19)13-14-29(21,9)32-26-23(22)24(30)18(4)25(31-10)28(26,7)8/h16,19-22H,3,11-15H2,1-2,4-10H3/t19-,20-,21+,22-,29-/m1/s1. The first-order chi connectivity index (χ1) is 14.8. The molecule has 0 aromatic heterocycles. The molecule has 0 aromatic carbocycles. The molecule has 178 valence electrons. The van der Waals surface area contributed by atoms with Crippen LogP contribution in [-0.2, 0) is 14.3 Å². The summed E-state index contributed by atoms with van der Waals surface area (Å²) >= 11 is 0. The topological polar surface area (TPSA) is 35.5 Å². The average Bonchev–Trinajstić information content (AvgIpc) is 2.72. The van der Waals surface area contributed by atoms with Crippen molar-refractivity contribution in [1.29, 1.82) is 0 Å². The molecule has 4 rings (SSSR count). The van der Waals surface area contributed by atoms with Gasteiger partial charge in [-0.05, 0) is 83.0 Å². The number of hydrogen-bond donors (Lipinski definition) is 0. The van der Waals surface area contributed by atoms with Crippen LogP contribution in [0.2, 0.25) is 0 Å². The maximum Gasteiger partial charge on any atom is 0.191 e. The highest BCUT2D eigenvalue weighted by molar-refractivity contribution is 6.10. The summed E-state index contributed by atoms with van der Waals surface area (Å²) in [5, 5.41) is 0. The highest BCUT2D eigenvalue weighted by Crippen LogP contribution is 2.61. The second kappa shape index (κ2) is 7.50. The highest BCUT2D eigenvalue weighted by Gasteiger charge is 2.57. The van der Waals surface area contributed by atoms with Gasteiger partial charge in [0.05, 0.1) is 12.5 Å². The number of carbonyl (C=O) groups excluding carboxylic acids is 1. The van der Waals surface area contributed by atoms with Gasteiger partial charge in [-0.15, -0.1) is 0 Å². The van der Waals surface area contributed by atoms with E-state index in [1.165, 1.54) is 12.0 Å². The van der Waals surface area contributed by atoms with Gasteiger partial charge in [-0.3, -0.25) is 4.79 Å². The van der Waals surface area contributed by atoms with Gasteiger partial charge in [0.1, 0.15) is 17.1 Å². The van der Waals surface area contributed by atoms with Crippen LogP contribution in [0, 0.1) is 40.4 Å². The fourth-order valence-electron chi connectivity index (χ4n) is 7.85. The smallest absolute Gasteiger partial charge is 0.191 e. The van der Waals surface area contributed by atoms with E-state index in [9.17, 15) is 4.79 Å². The molecule has 3 nitrogen and oxygen atoms in total. The lowest BCUT2D eigenvalue weighted by molar-refractivity contribution is -0.129. The van der Waals surface area contributed by atoms with Crippen LogP contribution in [0.1, 0.15) is 87.5 Å². The Bertz CT molecular complexity index is 899. The molecule has 0 radical (unpaired) electrons. The van der Waals surface area contributed by atoms with Gasteiger partial charge in [-0.25, -0.2) is 0 Å². The number of fused-ring (bicyclic) bond motifs is 2. The van der Waals surface area contributed by atoms with Crippen molar-refractivity contribution in [1.82, 2.24) is 0 Å². The van der Waals surface area contributed by atoms with E-state index in [-0.39, 0.29) is 17.3 Å². The summed E-state index contributed by atoms with van der Waals surface area (Å²) < 4.78 is 12.8. The van der Waals surface area contributed by atoms with Crippen molar-refractivity contribution in [2.45, 2.75) is 93.1 Å². The molecule has 0 N–H and O–H groups in total. The van der Waals surface area contributed by atoms with Crippen LogP contribution in [-0.4, -0.2) is 18.5 Å². The van der Waals surface area contributed by atoms with Crippen molar-refractivity contribution < 1.29 is 14.3 Å². The Kier molecular flexibility index (Phi) is 5.54. The fraction of sp³-hybridized carbons (Fsp3) is 0.759. The predicted octanol–water partition coefficient (Wildman–Crippen LogP) is 7.24. The second-order valence-electron chi connectivity index (χ2n) is 12.8. The third-order valence-electron chi connectivity index (χ3n) is 9.60. The van der Waals surface area contributed by atoms with Gasteiger partial charge in [0.25, 0.3) is 0 Å². The Labute approximate surface area is 195 Å². The Balaban J connectivity index is 1.82. The molecule has 0 spiro atoms. The van der Waals surface area contributed by atoms with E-state index >= 15 is 0 Å². The van der Waals surface area contributed by atoms with Crippen LogP contribution in [0.4, 0.5) is 0 Å². The van der Waals surface area contributed by atoms with E-state index in [0.717, 1.165) is 48.3 Å². The molecule has 3 aliphatic carbocycles. The normalized spacial score (nSPS) is 38.6. The number of hydrogen-bond acceptors (Lipinski definition) is 3. The van der Waals surface area contributed by atoms with Crippen LogP contribution < -0.4 is 0 Å². The summed E-state index contributed by atoms with van der Waals surface area (Å²) in [6.45, 7) is 22.5.